The Kier molecular flexibility index (Phi) is 70.6. The summed E-state index contributed by atoms with van der Waals surface area (Å²) < 4.78 is 68.8. The fourth-order valence-electron chi connectivity index (χ4n) is 12.8. The minimum absolute atomic E-state index is 0.106. The molecule has 17 nitrogen and oxygen atoms in total. The van der Waals surface area contributed by atoms with Gasteiger partial charge in [0.05, 0.1) is 26.4 Å². The molecule has 4 unspecified atom stereocenters. The summed E-state index contributed by atoms with van der Waals surface area (Å²) in [6.07, 6.45) is 59.7. The number of ether oxygens (including phenoxy) is 4. The normalized spacial score (nSPS) is 14.3. The van der Waals surface area contributed by atoms with Crippen molar-refractivity contribution < 1.29 is 80.2 Å². The third kappa shape index (κ3) is 74.9. The fraction of sp³-hybridized carbons (Fsp3) is 0.952. The third-order valence-electron chi connectivity index (χ3n) is 19.7. The highest BCUT2D eigenvalue weighted by atomic mass is 31.2. The van der Waals surface area contributed by atoms with Crippen LogP contribution in [0.3, 0.4) is 0 Å². The van der Waals surface area contributed by atoms with Gasteiger partial charge in [-0.25, -0.2) is 9.13 Å². The van der Waals surface area contributed by atoms with Crippen molar-refractivity contribution in [3.63, 3.8) is 0 Å². The van der Waals surface area contributed by atoms with E-state index in [2.05, 4.69) is 55.4 Å². The van der Waals surface area contributed by atoms with Gasteiger partial charge in [0.25, 0.3) is 0 Å². The first-order valence-electron chi connectivity index (χ1n) is 42.7. The summed E-state index contributed by atoms with van der Waals surface area (Å²) in [6, 6.07) is 0. The third-order valence-corrected chi connectivity index (χ3v) is 21.6. The molecule has 0 fully saturated rings. The summed E-state index contributed by atoms with van der Waals surface area (Å²) in [5.74, 6) is 1.02. The molecule has 19 heteroatoms. The number of phosphoric acid groups is 2. The number of unbranched alkanes of at least 4 members (excludes halogenated alkanes) is 45. The Labute approximate surface area is 626 Å². The van der Waals surface area contributed by atoms with Gasteiger partial charge in [-0.1, -0.05) is 376 Å². The molecule has 0 bridgehead atoms. The highest BCUT2D eigenvalue weighted by molar-refractivity contribution is 7.47. The van der Waals surface area contributed by atoms with Crippen LogP contribution in [0.1, 0.15) is 428 Å². The predicted molar refractivity (Wildman–Crippen MR) is 418 cm³/mol. The molecule has 0 radical (unpaired) electrons. The van der Waals surface area contributed by atoms with Gasteiger partial charge in [0.2, 0.25) is 0 Å². The van der Waals surface area contributed by atoms with E-state index in [1.54, 1.807) is 0 Å². The lowest BCUT2D eigenvalue weighted by molar-refractivity contribution is -0.161. The predicted octanol–water partition coefficient (Wildman–Crippen LogP) is 24.8. The van der Waals surface area contributed by atoms with Crippen LogP contribution < -0.4 is 0 Å². The van der Waals surface area contributed by atoms with Crippen molar-refractivity contribution in [2.75, 3.05) is 39.6 Å². The highest BCUT2D eigenvalue weighted by Crippen LogP contribution is 2.45. The van der Waals surface area contributed by atoms with Crippen molar-refractivity contribution in [2.45, 2.75) is 446 Å². The van der Waals surface area contributed by atoms with E-state index in [-0.39, 0.29) is 25.7 Å². The van der Waals surface area contributed by atoms with Crippen LogP contribution in [0.2, 0.25) is 0 Å². The summed E-state index contributed by atoms with van der Waals surface area (Å²) in [4.78, 5) is 73.1. The lowest BCUT2D eigenvalue weighted by atomic mass is 9.99. The first-order chi connectivity index (χ1) is 49.1. The molecule has 0 spiro atoms. The first-order valence-corrected chi connectivity index (χ1v) is 45.7. The highest BCUT2D eigenvalue weighted by Gasteiger charge is 2.30. The van der Waals surface area contributed by atoms with Crippen LogP contribution in [0.25, 0.3) is 0 Å². The van der Waals surface area contributed by atoms with Crippen molar-refractivity contribution in [2.24, 2.45) is 23.7 Å². The van der Waals surface area contributed by atoms with Crippen LogP contribution in [0.4, 0.5) is 0 Å². The zero-order valence-electron chi connectivity index (χ0n) is 67.2. The van der Waals surface area contributed by atoms with Gasteiger partial charge < -0.3 is 33.8 Å². The van der Waals surface area contributed by atoms with Gasteiger partial charge in [-0.2, -0.15) is 0 Å². The molecule has 0 aromatic heterocycles. The molecule has 6 atom stereocenters. The molecular weight excluding hydrogens is 1330 g/mol. The van der Waals surface area contributed by atoms with E-state index in [1.165, 1.54) is 225 Å². The number of aliphatic hydroxyl groups excluding tert-OH is 1. The van der Waals surface area contributed by atoms with E-state index in [9.17, 15) is 43.2 Å². The molecule has 0 aliphatic rings. The lowest BCUT2D eigenvalue weighted by Gasteiger charge is -2.21. The zero-order chi connectivity index (χ0) is 75.3. The average molecular weight is 1490 g/mol. The monoisotopic (exact) mass is 1490 g/mol. The van der Waals surface area contributed by atoms with Gasteiger partial charge in [0.1, 0.15) is 19.3 Å². The van der Waals surface area contributed by atoms with Gasteiger partial charge >= 0.3 is 39.5 Å². The van der Waals surface area contributed by atoms with Gasteiger partial charge in [0, 0.05) is 25.7 Å². The standard InChI is InChI=1S/C83H162O17P2/c1-9-76(8)62-54-46-38-30-26-27-31-39-47-55-63-80(85)93-69-78(99-82(87)65-57-49-40-32-24-20-15-13-11-10-12-14-18-22-28-35-43-51-59-73(2)3)71-97-101(89,90)95-67-77(84)68-96-102(91,92)98-72-79(70-94-81(86)64-56-48-42-34-37-45-53-61-75(6)7)100-83(88)66-58-50-41-33-25-21-17-16-19-23-29-36-44-52-60-74(4)5/h73-79,84H,9-72H2,1-8H3,(H,89,90)(H,91,92)/t76?,77?,78-,79-/m1/s1. The molecule has 0 aromatic rings. The molecule has 102 heavy (non-hydrogen) atoms. The SMILES string of the molecule is CCC(C)CCCCCCCCCCCCC(=O)OC[C@H](COP(=O)(O)OCC(O)COP(=O)(O)OC[C@@H](COC(=O)CCCCCCCCCC(C)C)OC(=O)CCCCCCCCCCCCCCCCC(C)C)OC(=O)CCCCCCCCCCCCCCCCCCCCC(C)C. The summed E-state index contributed by atoms with van der Waals surface area (Å²) in [5, 5.41) is 10.7. The number of carbonyl (C=O) groups excluding carboxylic acids is 4. The Morgan fingerprint density at radius 3 is 0.696 bits per heavy atom. The van der Waals surface area contributed by atoms with E-state index in [4.69, 9.17) is 37.0 Å². The maximum atomic E-state index is 13.1. The Bertz CT molecular complexity index is 1990. The Morgan fingerprint density at radius 2 is 0.471 bits per heavy atom. The smallest absolute Gasteiger partial charge is 0.462 e. The second-order valence-corrected chi connectivity index (χ2v) is 34.4. The molecule has 0 aliphatic heterocycles. The minimum atomic E-state index is -4.96. The van der Waals surface area contributed by atoms with Crippen LogP contribution in [0.15, 0.2) is 0 Å². The van der Waals surface area contributed by atoms with Gasteiger partial charge in [-0.15, -0.1) is 0 Å². The van der Waals surface area contributed by atoms with Crippen molar-refractivity contribution in [3.05, 3.63) is 0 Å². The topological polar surface area (TPSA) is 237 Å². The molecule has 0 saturated heterocycles. The summed E-state index contributed by atoms with van der Waals surface area (Å²) in [7, 11) is -9.92. The molecule has 0 heterocycles. The van der Waals surface area contributed by atoms with E-state index >= 15 is 0 Å². The van der Waals surface area contributed by atoms with Crippen LogP contribution >= 0.6 is 15.6 Å². The van der Waals surface area contributed by atoms with E-state index < -0.39 is 97.5 Å². The molecule has 0 rings (SSSR count). The van der Waals surface area contributed by atoms with Crippen molar-refractivity contribution in [3.8, 4) is 0 Å². The van der Waals surface area contributed by atoms with Crippen molar-refractivity contribution in [1.29, 1.82) is 0 Å². The Hall–Kier alpha value is -1.94. The lowest BCUT2D eigenvalue weighted by Crippen LogP contribution is -2.30. The summed E-state index contributed by atoms with van der Waals surface area (Å²) in [5.41, 5.74) is 0. The molecule has 0 aliphatic carbocycles. The van der Waals surface area contributed by atoms with Gasteiger partial charge in [-0.3, -0.25) is 37.3 Å². The number of phosphoric ester groups is 2. The van der Waals surface area contributed by atoms with Crippen LogP contribution in [0, 0.1) is 23.7 Å². The number of carbonyl (C=O) groups is 4. The second-order valence-electron chi connectivity index (χ2n) is 31.5. The Morgan fingerprint density at radius 1 is 0.275 bits per heavy atom. The van der Waals surface area contributed by atoms with Gasteiger partial charge in [0.15, 0.2) is 12.2 Å². The fourth-order valence-corrected chi connectivity index (χ4v) is 14.3. The van der Waals surface area contributed by atoms with Crippen molar-refractivity contribution in [1.82, 2.24) is 0 Å². The largest absolute Gasteiger partial charge is 0.472 e. The van der Waals surface area contributed by atoms with Crippen LogP contribution in [-0.4, -0.2) is 96.7 Å². The quantitative estimate of drug-likeness (QED) is 0.0222. The van der Waals surface area contributed by atoms with E-state index in [0.717, 1.165) is 114 Å². The van der Waals surface area contributed by atoms with E-state index in [1.807, 2.05) is 0 Å². The number of hydrogen-bond donors (Lipinski definition) is 3. The number of rotatable bonds is 80. The minimum Gasteiger partial charge on any atom is -0.462 e. The number of aliphatic hydroxyl groups is 1. The molecule has 0 amide bonds. The van der Waals surface area contributed by atoms with Gasteiger partial charge in [-0.05, 0) is 49.4 Å². The number of hydrogen-bond acceptors (Lipinski definition) is 15. The molecule has 0 aromatic carbocycles. The average Bonchev–Trinajstić information content (AvgIpc) is 0.926. The zero-order valence-corrected chi connectivity index (χ0v) is 69.0. The summed E-state index contributed by atoms with van der Waals surface area (Å²) in [6.45, 7) is 14.3. The summed E-state index contributed by atoms with van der Waals surface area (Å²) >= 11 is 0. The van der Waals surface area contributed by atoms with Crippen LogP contribution in [0.5, 0.6) is 0 Å². The molecule has 3 N–H and O–H groups in total. The maximum absolute atomic E-state index is 13.1. The second kappa shape index (κ2) is 72.0. The van der Waals surface area contributed by atoms with Crippen molar-refractivity contribution >= 4 is 39.5 Å². The van der Waals surface area contributed by atoms with E-state index in [0.29, 0.717) is 31.6 Å². The number of esters is 4. The van der Waals surface area contributed by atoms with Crippen LogP contribution in [-0.2, 0) is 65.4 Å². The first kappa shape index (κ1) is 100. The Balaban J connectivity index is 5.22. The molecule has 606 valence electrons. The molecule has 0 saturated carbocycles. The maximum Gasteiger partial charge on any atom is 0.472 e. The molecular formula is C83H162O17P2.